The molecule has 5 heteroatoms. The van der Waals surface area contributed by atoms with E-state index in [1.165, 1.54) is 12.3 Å². The summed E-state index contributed by atoms with van der Waals surface area (Å²) in [6.07, 6.45) is 1.47. The van der Waals surface area contributed by atoms with Crippen molar-refractivity contribution in [1.29, 1.82) is 0 Å². The zero-order chi connectivity index (χ0) is 11.5. The summed E-state index contributed by atoms with van der Waals surface area (Å²) in [5.41, 5.74) is 6.43. The molecule has 0 atom stereocenters. The number of rotatable bonds is 2. The molecular weight excluding hydrogens is 212 g/mol. The van der Waals surface area contributed by atoms with Crippen LogP contribution < -0.4 is 11.1 Å². The number of pyridine rings is 1. The van der Waals surface area contributed by atoms with E-state index in [1.807, 2.05) is 0 Å². The van der Waals surface area contributed by atoms with Crippen LogP contribution in [0, 0.1) is 11.6 Å². The molecule has 0 radical (unpaired) electrons. The Morgan fingerprint density at radius 1 is 1.06 bits per heavy atom. The van der Waals surface area contributed by atoms with Crippen molar-refractivity contribution in [3.05, 3.63) is 48.2 Å². The van der Waals surface area contributed by atoms with Crippen molar-refractivity contribution >= 4 is 17.2 Å². The first kappa shape index (κ1) is 10.4. The van der Waals surface area contributed by atoms with Gasteiger partial charge in [-0.3, -0.25) is 0 Å². The number of halogens is 2. The number of nitrogens with zero attached hydrogens (tertiary/aromatic N) is 1. The maximum Gasteiger partial charge on any atom is 0.160 e. The highest BCUT2D eigenvalue weighted by atomic mass is 19.2. The smallest absolute Gasteiger partial charge is 0.160 e. The molecule has 0 aliphatic carbocycles. The lowest BCUT2D eigenvalue weighted by Gasteiger charge is -2.05. The Bertz CT molecular complexity index is 497. The predicted octanol–water partition coefficient (Wildman–Crippen LogP) is 2.69. The lowest BCUT2D eigenvalue weighted by molar-refractivity contribution is 0.509. The summed E-state index contributed by atoms with van der Waals surface area (Å²) in [4.78, 5) is 3.97. The van der Waals surface area contributed by atoms with Crippen LogP contribution in [0.1, 0.15) is 0 Å². The van der Waals surface area contributed by atoms with Gasteiger partial charge in [0, 0.05) is 11.8 Å². The second kappa shape index (κ2) is 4.14. The van der Waals surface area contributed by atoms with Crippen molar-refractivity contribution in [2.45, 2.75) is 0 Å². The molecule has 0 bridgehead atoms. The average molecular weight is 221 g/mol. The highest BCUT2D eigenvalue weighted by Gasteiger charge is 2.02. The predicted molar refractivity (Wildman–Crippen MR) is 58.3 cm³/mol. The minimum atomic E-state index is -0.902. The molecule has 16 heavy (non-hydrogen) atoms. The Hall–Kier alpha value is -2.17. The van der Waals surface area contributed by atoms with Crippen LogP contribution in [-0.4, -0.2) is 4.98 Å². The van der Waals surface area contributed by atoms with Crippen molar-refractivity contribution < 1.29 is 8.78 Å². The van der Waals surface area contributed by atoms with Crippen LogP contribution >= 0.6 is 0 Å². The molecule has 3 nitrogen and oxygen atoms in total. The van der Waals surface area contributed by atoms with Crippen LogP contribution in [0.5, 0.6) is 0 Å². The van der Waals surface area contributed by atoms with E-state index in [9.17, 15) is 8.78 Å². The lowest BCUT2D eigenvalue weighted by Crippen LogP contribution is -1.95. The second-order valence-corrected chi connectivity index (χ2v) is 3.23. The second-order valence-electron chi connectivity index (χ2n) is 3.23. The summed E-state index contributed by atoms with van der Waals surface area (Å²) < 4.78 is 25.5. The van der Waals surface area contributed by atoms with Gasteiger partial charge in [-0.2, -0.15) is 0 Å². The number of hydrogen-bond acceptors (Lipinski definition) is 3. The van der Waals surface area contributed by atoms with Gasteiger partial charge in [0.2, 0.25) is 0 Å². The van der Waals surface area contributed by atoms with Gasteiger partial charge in [0.1, 0.15) is 5.82 Å². The molecule has 2 rings (SSSR count). The molecule has 2 aromatic rings. The molecule has 0 saturated carbocycles. The van der Waals surface area contributed by atoms with E-state index < -0.39 is 11.6 Å². The Labute approximate surface area is 90.9 Å². The van der Waals surface area contributed by atoms with Gasteiger partial charge in [-0.25, -0.2) is 13.8 Å². The fourth-order valence-corrected chi connectivity index (χ4v) is 1.20. The zero-order valence-electron chi connectivity index (χ0n) is 8.24. The average Bonchev–Trinajstić information content (AvgIpc) is 2.27. The van der Waals surface area contributed by atoms with Crippen molar-refractivity contribution in [3.63, 3.8) is 0 Å². The number of hydrogen-bond donors (Lipinski definition) is 2. The molecule has 0 spiro atoms. The van der Waals surface area contributed by atoms with Crippen LogP contribution in [0.25, 0.3) is 0 Å². The number of nitrogens with two attached hydrogens (primary N) is 1. The monoisotopic (exact) mass is 221 g/mol. The fourth-order valence-electron chi connectivity index (χ4n) is 1.20. The van der Waals surface area contributed by atoms with Gasteiger partial charge < -0.3 is 11.1 Å². The van der Waals surface area contributed by atoms with Crippen LogP contribution in [0.15, 0.2) is 36.5 Å². The summed E-state index contributed by atoms with van der Waals surface area (Å²) in [6, 6.07) is 6.85. The first-order valence-corrected chi connectivity index (χ1v) is 4.59. The van der Waals surface area contributed by atoms with E-state index >= 15 is 0 Å². The third-order valence-electron chi connectivity index (χ3n) is 1.98. The van der Waals surface area contributed by atoms with E-state index in [0.717, 1.165) is 12.1 Å². The highest BCUT2D eigenvalue weighted by Crippen LogP contribution is 2.17. The minimum absolute atomic E-state index is 0.427. The topological polar surface area (TPSA) is 50.9 Å². The molecule has 1 aromatic carbocycles. The van der Waals surface area contributed by atoms with Crippen LogP contribution in [-0.2, 0) is 0 Å². The molecule has 0 saturated heterocycles. The first-order valence-electron chi connectivity index (χ1n) is 4.59. The zero-order valence-corrected chi connectivity index (χ0v) is 8.24. The Balaban J connectivity index is 2.20. The molecule has 0 aliphatic rings. The van der Waals surface area contributed by atoms with Gasteiger partial charge in [-0.15, -0.1) is 0 Å². The summed E-state index contributed by atoms with van der Waals surface area (Å²) >= 11 is 0. The molecule has 0 aliphatic heterocycles. The summed E-state index contributed by atoms with van der Waals surface area (Å²) in [7, 11) is 0. The van der Waals surface area contributed by atoms with Gasteiger partial charge in [0.05, 0.1) is 11.9 Å². The van der Waals surface area contributed by atoms with Crippen LogP contribution in [0.4, 0.5) is 26.0 Å². The third kappa shape index (κ3) is 2.25. The van der Waals surface area contributed by atoms with Crippen molar-refractivity contribution in [2.24, 2.45) is 0 Å². The molecule has 3 N–H and O–H groups in total. The lowest BCUT2D eigenvalue weighted by atomic mass is 10.3. The first-order chi connectivity index (χ1) is 7.65. The maximum atomic E-state index is 12.9. The minimum Gasteiger partial charge on any atom is -0.397 e. The quantitative estimate of drug-likeness (QED) is 0.819. The van der Waals surface area contributed by atoms with E-state index in [-0.39, 0.29) is 0 Å². The SMILES string of the molecule is Nc1ccc(Nc2ccc(F)c(F)c2)nc1. The van der Waals surface area contributed by atoms with Gasteiger partial charge >= 0.3 is 0 Å². The third-order valence-corrected chi connectivity index (χ3v) is 1.98. The molecule has 82 valence electrons. The molecule has 0 unspecified atom stereocenters. The Morgan fingerprint density at radius 3 is 2.50 bits per heavy atom. The van der Waals surface area contributed by atoms with Crippen LogP contribution in [0.3, 0.4) is 0 Å². The van der Waals surface area contributed by atoms with E-state index in [1.54, 1.807) is 12.1 Å². The van der Waals surface area contributed by atoms with Crippen molar-refractivity contribution in [1.82, 2.24) is 4.98 Å². The Morgan fingerprint density at radius 2 is 1.88 bits per heavy atom. The van der Waals surface area contributed by atoms with Crippen molar-refractivity contribution in [3.8, 4) is 0 Å². The van der Waals surface area contributed by atoms with Gasteiger partial charge in [0.15, 0.2) is 11.6 Å². The molecular formula is C11H9F2N3. The molecule has 1 aromatic heterocycles. The number of nitrogens with one attached hydrogen (secondary N) is 1. The largest absolute Gasteiger partial charge is 0.397 e. The Kier molecular flexibility index (Phi) is 2.68. The van der Waals surface area contributed by atoms with E-state index in [0.29, 0.717) is 17.2 Å². The van der Waals surface area contributed by atoms with Crippen molar-refractivity contribution in [2.75, 3.05) is 11.1 Å². The maximum absolute atomic E-state index is 12.9. The number of aromatic nitrogens is 1. The summed E-state index contributed by atoms with van der Waals surface area (Å²) in [5, 5.41) is 2.83. The van der Waals surface area contributed by atoms with E-state index in [2.05, 4.69) is 10.3 Å². The number of nitrogen functional groups attached to an aromatic ring is 1. The van der Waals surface area contributed by atoms with E-state index in [4.69, 9.17) is 5.73 Å². The summed E-state index contributed by atoms with van der Waals surface area (Å²) in [6.45, 7) is 0. The van der Waals surface area contributed by atoms with Gasteiger partial charge in [-0.1, -0.05) is 0 Å². The molecule has 0 amide bonds. The molecule has 1 heterocycles. The number of benzene rings is 1. The number of anilines is 3. The fraction of sp³-hybridized carbons (Fsp3) is 0. The normalized spacial score (nSPS) is 10.1. The van der Waals surface area contributed by atoms with Gasteiger partial charge in [-0.05, 0) is 24.3 Å². The van der Waals surface area contributed by atoms with Crippen LogP contribution in [0.2, 0.25) is 0 Å². The standard InChI is InChI=1S/C11H9F2N3/c12-9-3-2-8(5-10(9)13)16-11-4-1-7(14)6-15-11/h1-6H,14H2,(H,15,16). The van der Waals surface area contributed by atoms with Gasteiger partial charge in [0.25, 0.3) is 0 Å². The highest BCUT2D eigenvalue weighted by molar-refractivity contribution is 5.57. The molecule has 0 fully saturated rings. The summed E-state index contributed by atoms with van der Waals surface area (Å²) in [5.74, 6) is -1.27.